The van der Waals surface area contributed by atoms with Crippen molar-refractivity contribution in [2.45, 2.75) is 26.2 Å². The van der Waals surface area contributed by atoms with Gasteiger partial charge in [0.05, 0.1) is 0 Å². The molecule has 0 saturated heterocycles. The number of carbonyl (C=O) groups is 1. The summed E-state index contributed by atoms with van der Waals surface area (Å²) in [5.41, 5.74) is 2.90. The number of amides is 1. The van der Waals surface area contributed by atoms with Gasteiger partial charge < -0.3 is 14.3 Å². The molecule has 0 unspecified atom stereocenters. The van der Waals surface area contributed by atoms with Crippen molar-refractivity contribution in [1.29, 1.82) is 0 Å². The summed E-state index contributed by atoms with van der Waals surface area (Å²) in [4.78, 5) is 20.9. The van der Waals surface area contributed by atoms with Crippen LogP contribution in [0.15, 0.2) is 51.4 Å². The number of aryl methyl sites for hydroxylation is 2. The Morgan fingerprint density at radius 1 is 1.11 bits per heavy atom. The van der Waals surface area contributed by atoms with Gasteiger partial charge in [0, 0.05) is 35.5 Å². The first-order valence-electron chi connectivity index (χ1n) is 8.88. The van der Waals surface area contributed by atoms with Gasteiger partial charge in [-0.25, -0.2) is 4.98 Å². The number of benzene rings is 2. The molecule has 4 aromatic rings. The third-order valence-corrected chi connectivity index (χ3v) is 4.41. The van der Waals surface area contributed by atoms with Crippen LogP contribution < -0.4 is 5.32 Å². The Balaban J connectivity index is 1.36. The van der Waals surface area contributed by atoms with Crippen LogP contribution in [0.5, 0.6) is 0 Å². The Labute approximate surface area is 165 Å². The van der Waals surface area contributed by atoms with Gasteiger partial charge in [-0.3, -0.25) is 4.79 Å². The monoisotopic (exact) mass is 396 g/mol. The molecule has 28 heavy (non-hydrogen) atoms. The molecule has 0 aliphatic heterocycles. The van der Waals surface area contributed by atoms with Gasteiger partial charge in [0.2, 0.25) is 17.6 Å². The van der Waals surface area contributed by atoms with E-state index in [-0.39, 0.29) is 12.3 Å². The molecule has 0 aliphatic rings. The standard InChI is InChI=1S/C20H17ClN4O3/c1-2-18-23-15-11-14(7-8-16(15)27-18)22-17(26)9-10-19-24-20(25-28-19)12-3-5-13(21)6-4-12/h3-8,11H,2,9-10H2,1H3,(H,22,26). The van der Waals surface area contributed by atoms with Crippen LogP contribution in [0, 0.1) is 0 Å². The van der Waals surface area contributed by atoms with Crippen molar-refractivity contribution in [2.24, 2.45) is 0 Å². The second kappa shape index (κ2) is 7.82. The molecule has 2 aromatic carbocycles. The van der Waals surface area contributed by atoms with Crippen LogP contribution in [0.4, 0.5) is 5.69 Å². The van der Waals surface area contributed by atoms with E-state index in [9.17, 15) is 4.79 Å². The van der Waals surface area contributed by atoms with Gasteiger partial charge >= 0.3 is 0 Å². The van der Waals surface area contributed by atoms with E-state index in [1.165, 1.54) is 0 Å². The normalized spacial score (nSPS) is 11.1. The van der Waals surface area contributed by atoms with Gasteiger partial charge in [-0.2, -0.15) is 4.98 Å². The van der Waals surface area contributed by atoms with E-state index in [0.29, 0.717) is 40.3 Å². The molecule has 142 valence electrons. The average molecular weight is 397 g/mol. The largest absolute Gasteiger partial charge is 0.441 e. The van der Waals surface area contributed by atoms with Gasteiger partial charge in [0.15, 0.2) is 11.5 Å². The highest BCUT2D eigenvalue weighted by molar-refractivity contribution is 6.30. The number of aromatic nitrogens is 3. The number of oxazole rings is 1. The van der Waals surface area contributed by atoms with Crippen molar-refractivity contribution in [1.82, 2.24) is 15.1 Å². The van der Waals surface area contributed by atoms with Crippen molar-refractivity contribution in [3.8, 4) is 11.4 Å². The van der Waals surface area contributed by atoms with E-state index in [4.69, 9.17) is 20.5 Å². The van der Waals surface area contributed by atoms with Crippen LogP contribution in [0.25, 0.3) is 22.5 Å². The summed E-state index contributed by atoms with van der Waals surface area (Å²) in [5.74, 6) is 1.39. The number of carbonyl (C=O) groups excluding carboxylic acids is 1. The lowest BCUT2D eigenvalue weighted by Gasteiger charge is -2.03. The molecule has 1 amide bonds. The van der Waals surface area contributed by atoms with E-state index in [1.807, 2.05) is 19.1 Å². The minimum Gasteiger partial charge on any atom is -0.441 e. The average Bonchev–Trinajstić information content (AvgIpc) is 3.33. The zero-order chi connectivity index (χ0) is 19.5. The molecular formula is C20H17ClN4O3. The quantitative estimate of drug-likeness (QED) is 0.509. The Morgan fingerprint density at radius 2 is 1.93 bits per heavy atom. The first kappa shape index (κ1) is 18.2. The van der Waals surface area contributed by atoms with Gasteiger partial charge in [-0.05, 0) is 42.5 Å². The van der Waals surface area contributed by atoms with E-state index < -0.39 is 0 Å². The number of hydrogen-bond donors (Lipinski definition) is 1. The maximum atomic E-state index is 12.2. The predicted molar refractivity (Wildman–Crippen MR) is 105 cm³/mol. The number of nitrogens with one attached hydrogen (secondary N) is 1. The first-order chi connectivity index (χ1) is 13.6. The molecule has 2 aromatic heterocycles. The van der Waals surface area contributed by atoms with Gasteiger partial charge in [0.25, 0.3) is 0 Å². The maximum absolute atomic E-state index is 12.2. The summed E-state index contributed by atoms with van der Waals surface area (Å²) < 4.78 is 10.8. The summed E-state index contributed by atoms with van der Waals surface area (Å²) in [6.45, 7) is 1.98. The summed E-state index contributed by atoms with van der Waals surface area (Å²) in [5, 5.41) is 7.43. The lowest BCUT2D eigenvalue weighted by molar-refractivity contribution is -0.116. The minimum absolute atomic E-state index is 0.148. The zero-order valence-corrected chi connectivity index (χ0v) is 15.9. The van der Waals surface area contributed by atoms with E-state index in [1.54, 1.807) is 30.3 Å². The Hall–Kier alpha value is -3.19. The first-order valence-corrected chi connectivity index (χ1v) is 9.26. The molecule has 0 saturated carbocycles. The fraction of sp³-hybridized carbons (Fsp3) is 0.200. The highest BCUT2D eigenvalue weighted by Gasteiger charge is 2.12. The number of halogens is 1. The third-order valence-electron chi connectivity index (χ3n) is 4.15. The van der Waals surface area contributed by atoms with Crippen LogP contribution in [-0.2, 0) is 17.6 Å². The topological polar surface area (TPSA) is 94.1 Å². The van der Waals surface area contributed by atoms with Crippen LogP contribution in [0.2, 0.25) is 5.02 Å². The van der Waals surface area contributed by atoms with Crippen LogP contribution >= 0.6 is 11.6 Å². The smallest absolute Gasteiger partial charge is 0.227 e. The van der Waals surface area contributed by atoms with Gasteiger partial charge in [0.1, 0.15) is 5.52 Å². The Kier molecular flexibility index (Phi) is 5.08. The molecule has 1 N–H and O–H groups in total. The van der Waals surface area contributed by atoms with Crippen molar-refractivity contribution < 1.29 is 13.7 Å². The fourth-order valence-corrected chi connectivity index (χ4v) is 2.85. The fourth-order valence-electron chi connectivity index (χ4n) is 2.72. The molecule has 0 radical (unpaired) electrons. The van der Waals surface area contributed by atoms with Gasteiger partial charge in [-0.15, -0.1) is 0 Å². The summed E-state index contributed by atoms with van der Waals surface area (Å²) in [7, 11) is 0. The van der Waals surface area contributed by atoms with Crippen molar-refractivity contribution in [2.75, 3.05) is 5.32 Å². The minimum atomic E-state index is -0.148. The van der Waals surface area contributed by atoms with Crippen LogP contribution in [0.3, 0.4) is 0 Å². The summed E-state index contributed by atoms with van der Waals surface area (Å²) >= 11 is 5.88. The molecule has 0 fully saturated rings. The SMILES string of the molecule is CCc1nc2cc(NC(=O)CCc3nc(-c4ccc(Cl)cc4)no3)ccc2o1. The Morgan fingerprint density at radius 3 is 2.71 bits per heavy atom. The van der Waals surface area contributed by atoms with Crippen LogP contribution in [0.1, 0.15) is 25.1 Å². The molecule has 7 nitrogen and oxygen atoms in total. The van der Waals surface area contributed by atoms with Gasteiger partial charge in [-0.1, -0.05) is 23.7 Å². The van der Waals surface area contributed by atoms with Crippen molar-refractivity contribution in [3.63, 3.8) is 0 Å². The van der Waals surface area contributed by atoms with E-state index in [0.717, 1.165) is 17.5 Å². The summed E-state index contributed by atoms with van der Waals surface area (Å²) in [6.07, 6.45) is 1.29. The number of fused-ring (bicyclic) bond motifs is 1. The molecule has 4 rings (SSSR count). The molecule has 0 aliphatic carbocycles. The molecule has 8 heteroatoms. The molecule has 0 bridgehead atoms. The highest BCUT2D eigenvalue weighted by Crippen LogP contribution is 2.21. The third kappa shape index (κ3) is 4.04. The Bertz CT molecular complexity index is 1120. The number of hydrogen-bond acceptors (Lipinski definition) is 6. The van der Waals surface area contributed by atoms with Crippen LogP contribution in [-0.4, -0.2) is 21.0 Å². The highest BCUT2D eigenvalue weighted by atomic mass is 35.5. The predicted octanol–water partition coefficient (Wildman–Crippen LogP) is 4.66. The number of nitrogens with zero attached hydrogens (tertiary/aromatic N) is 3. The van der Waals surface area contributed by atoms with E-state index in [2.05, 4.69) is 20.4 Å². The number of anilines is 1. The van der Waals surface area contributed by atoms with Crippen molar-refractivity contribution in [3.05, 3.63) is 59.3 Å². The zero-order valence-electron chi connectivity index (χ0n) is 15.1. The molecular weight excluding hydrogens is 380 g/mol. The lowest BCUT2D eigenvalue weighted by atomic mass is 10.2. The summed E-state index contributed by atoms with van der Waals surface area (Å²) in [6, 6.07) is 12.5. The van der Waals surface area contributed by atoms with E-state index >= 15 is 0 Å². The van der Waals surface area contributed by atoms with Crippen molar-refractivity contribution >= 4 is 34.3 Å². The number of rotatable bonds is 6. The lowest BCUT2D eigenvalue weighted by Crippen LogP contribution is -2.12. The molecule has 0 spiro atoms. The second-order valence-electron chi connectivity index (χ2n) is 6.21. The molecule has 0 atom stereocenters. The second-order valence-corrected chi connectivity index (χ2v) is 6.65. The maximum Gasteiger partial charge on any atom is 0.227 e. The molecule has 2 heterocycles.